The molecule has 4 rings (SSSR count). The predicted molar refractivity (Wildman–Crippen MR) is 122 cm³/mol. The van der Waals surface area contributed by atoms with Crippen LogP contribution >= 0.6 is 0 Å². The van der Waals surface area contributed by atoms with Crippen LogP contribution in [0, 0.1) is 31.0 Å². The fraction of sp³-hybridized carbons (Fsp3) is 0.192. The first kappa shape index (κ1) is 22.0. The van der Waals surface area contributed by atoms with Gasteiger partial charge in [0.25, 0.3) is 0 Å². The fourth-order valence-corrected chi connectivity index (χ4v) is 3.79. The van der Waals surface area contributed by atoms with Crippen LogP contribution in [-0.2, 0) is 17.9 Å². The number of rotatable bonds is 6. The maximum Gasteiger partial charge on any atom is 0.338 e. The summed E-state index contributed by atoms with van der Waals surface area (Å²) in [5.41, 5.74) is 4.46. The summed E-state index contributed by atoms with van der Waals surface area (Å²) in [7, 11) is 1.34. The van der Waals surface area contributed by atoms with Crippen LogP contribution in [0.5, 0.6) is 5.75 Å². The molecule has 33 heavy (non-hydrogen) atoms. The summed E-state index contributed by atoms with van der Waals surface area (Å²) in [6.07, 6.45) is 0. The predicted octanol–water partition coefficient (Wildman–Crippen LogP) is 5.08. The Morgan fingerprint density at radius 1 is 1.12 bits per heavy atom. The number of ether oxygens (including phenoxy) is 2. The average molecular weight is 443 g/mol. The van der Waals surface area contributed by atoms with E-state index >= 15 is 0 Å². The van der Waals surface area contributed by atoms with Crippen molar-refractivity contribution in [2.24, 2.45) is 0 Å². The number of benzene rings is 3. The Labute approximate surface area is 190 Å². The minimum absolute atomic E-state index is 0.188. The number of imidazole rings is 1. The van der Waals surface area contributed by atoms with Gasteiger partial charge in [-0.25, -0.2) is 14.2 Å². The number of carbonyl (C=O) groups excluding carboxylic acids is 1. The standard InChI is InChI=1S/C26H22FN3O3/c1-16-10-21(33-15-20-6-4-5-7-22(20)26(31)32-3)12-24-25(16)29-17(2)30(24)14-19-9-8-18(13-28)11-23(19)27/h4-12H,14-15H2,1-3H3. The van der Waals surface area contributed by atoms with E-state index in [2.05, 4.69) is 4.98 Å². The first-order valence-corrected chi connectivity index (χ1v) is 10.4. The quantitative estimate of drug-likeness (QED) is 0.389. The second-order valence-corrected chi connectivity index (χ2v) is 7.71. The molecule has 6 nitrogen and oxygen atoms in total. The molecular formula is C26H22FN3O3. The number of hydrogen-bond donors (Lipinski definition) is 0. The van der Waals surface area contributed by atoms with E-state index in [1.807, 2.05) is 48.7 Å². The lowest BCUT2D eigenvalue weighted by Crippen LogP contribution is -2.08. The third-order valence-corrected chi connectivity index (χ3v) is 5.54. The summed E-state index contributed by atoms with van der Waals surface area (Å²) >= 11 is 0. The molecule has 0 aliphatic rings. The van der Waals surface area contributed by atoms with Crippen LogP contribution in [0.3, 0.4) is 0 Å². The van der Waals surface area contributed by atoms with Crippen molar-refractivity contribution in [2.45, 2.75) is 27.0 Å². The molecule has 0 aliphatic carbocycles. The number of aryl methyl sites for hydroxylation is 2. The second kappa shape index (κ2) is 9.13. The van der Waals surface area contributed by atoms with E-state index in [1.165, 1.54) is 13.2 Å². The van der Waals surface area contributed by atoms with E-state index < -0.39 is 11.8 Å². The number of aromatic nitrogens is 2. The zero-order valence-corrected chi connectivity index (χ0v) is 18.6. The first-order chi connectivity index (χ1) is 15.9. The number of methoxy groups -OCH3 is 1. The molecule has 0 bridgehead atoms. The Balaban J connectivity index is 1.66. The zero-order valence-electron chi connectivity index (χ0n) is 18.6. The molecule has 3 aromatic carbocycles. The Kier molecular flexibility index (Phi) is 6.09. The maximum atomic E-state index is 14.5. The second-order valence-electron chi connectivity index (χ2n) is 7.71. The molecule has 166 valence electrons. The summed E-state index contributed by atoms with van der Waals surface area (Å²) in [4.78, 5) is 16.7. The van der Waals surface area contributed by atoms with Crippen molar-refractivity contribution in [3.05, 3.63) is 94.1 Å². The summed E-state index contributed by atoms with van der Waals surface area (Å²) in [6.45, 7) is 4.27. The molecule has 0 amide bonds. The van der Waals surface area contributed by atoms with Gasteiger partial charge in [0.1, 0.15) is 24.0 Å². The van der Waals surface area contributed by atoms with Gasteiger partial charge in [-0.2, -0.15) is 5.26 Å². The Hall–Kier alpha value is -4.18. The van der Waals surface area contributed by atoms with Gasteiger partial charge in [0.05, 0.1) is 41.9 Å². The van der Waals surface area contributed by atoms with Crippen LogP contribution in [0.2, 0.25) is 0 Å². The number of halogens is 1. The molecule has 0 N–H and O–H groups in total. The van der Waals surface area contributed by atoms with E-state index in [-0.39, 0.29) is 18.7 Å². The number of fused-ring (bicyclic) bond motifs is 1. The molecule has 4 aromatic rings. The van der Waals surface area contributed by atoms with Gasteiger partial charge >= 0.3 is 5.97 Å². The normalized spacial score (nSPS) is 10.8. The van der Waals surface area contributed by atoms with Gasteiger partial charge in [-0.05, 0) is 43.7 Å². The van der Waals surface area contributed by atoms with Gasteiger partial charge in [0, 0.05) is 17.2 Å². The lowest BCUT2D eigenvalue weighted by Gasteiger charge is -2.12. The van der Waals surface area contributed by atoms with Crippen LogP contribution in [0.4, 0.5) is 4.39 Å². The first-order valence-electron chi connectivity index (χ1n) is 10.4. The van der Waals surface area contributed by atoms with Gasteiger partial charge in [-0.15, -0.1) is 0 Å². The summed E-state index contributed by atoms with van der Waals surface area (Å²) in [5, 5.41) is 8.98. The monoisotopic (exact) mass is 443 g/mol. The van der Waals surface area contributed by atoms with Crippen molar-refractivity contribution < 1.29 is 18.7 Å². The number of nitrogens with zero attached hydrogens (tertiary/aromatic N) is 3. The minimum atomic E-state index is -0.432. The highest BCUT2D eigenvalue weighted by Gasteiger charge is 2.15. The lowest BCUT2D eigenvalue weighted by atomic mass is 10.1. The highest BCUT2D eigenvalue weighted by atomic mass is 19.1. The average Bonchev–Trinajstić information content (AvgIpc) is 3.14. The van der Waals surface area contributed by atoms with Crippen molar-refractivity contribution in [3.63, 3.8) is 0 Å². The van der Waals surface area contributed by atoms with Crippen LogP contribution in [0.15, 0.2) is 54.6 Å². The molecule has 1 heterocycles. The third kappa shape index (κ3) is 4.41. The van der Waals surface area contributed by atoms with Crippen molar-refractivity contribution in [1.82, 2.24) is 9.55 Å². The van der Waals surface area contributed by atoms with Gasteiger partial charge in [0.2, 0.25) is 0 Å². The molecule has 0 saturated heterocycles. The highest BCUT2D eigenvalue weighted by molar-refractivity contribution is 5.91. The summed E-state index contributed by atoms with van der Waals surface area (Å²) in [5.74, 6) is 0.504. The third-order valence-electron chi connectivity index (χ3n) is 5.54. The van der Waals surface area contributed by atoms with Gasteiger partial charge < -0.3 is 14.0 Å². The van der Waals surface area contributed by atoms with E-state index in [1.54, 1.807) is 24.3 Å². The molecule has 0 spiro atoms. The topological polar surface area (TPSA) is 77.1 Å². The summed E-state index contributed by atoms with van der Waals surface area (Å²) < 4.78 is 27.3. The molecule has 0 unspecified atom stereocenters. The number of carbonyl (C=O) groups is 1. The zero-order chi connectivity index (χ0) is 23.5. The summed E-state index contributed by atoms with van der Waals surface area (Å²) in [6, 6.07) is 17.3. The molecule has 0 fully saturated rings. The van der Waals surface area contributed by atoms with Crippen LogP contribution < -0.4 is 4.74 Å². The lowest BCUT2D eigenvalue weighted by molar-refractivity contribution is 0.0597. The number of nitriles is 1. The van der Waals surface area contributed by atoms with Crippen LogP contribution in [0.25, 0.3) is 11.0 Å². The molecule has 7 heteroatoms. The van der Waals surface area contributed by atoms with Gasteiger partial charge in [0.15, 0.2) is 0 Å². The molecule has 0 saturated carbocycles. The highest BCUT2D eigenvalue weighted by Crippen LogP contribution is 2.28. The molecule has 1 aromatic heterocycles. The van der Waals surface area contributed by atoms with E-state index in [0.29, 0.717) is 22.4 Å². The van der Waals surface area contributed by atoms with Crippen LogP contribution in [-0.4, -0.2) is 22.6 Å². The van der Waals surface area contributed by atoms with E-state index in [9.17, 15) is 9.18 Å². The number of hydrogen-bond acceptors (Lipinski definition) is 5. The Bertz CT molecular complexity index is 1400. The minimum Gasteiger partial charge on any atom is -0.489 e. The number of esters is 1. The molecular weight excluding hydrogens is 421 g/mol. The Morgan fingerprint density at radius 3 is 2.64 bits per heavy atom. The SMILES string of the molecule is COC(=O)c1ccccc1COc1cc(C)c2nc(C)n(Cc3ccc(C#N)cc3F)c2c1. The smallest absolute Gasteiger partial charge is 0.338 e. The Morgan fingerprint density at radius 2 is 1.91 bits per heavy atom. The molecule has 0 radical (unpaired) electrons. The van der Waals surface area contributed by atoms with Crippen molar-refractivity contribution in [2.75, 3.05) is 7.11 Å². The van der Waals surface area contributed by atoms with E-state index in [0.717, 1.165) is 22.4 Å². The van der Waals surface area contributed by atoms with Gasteiger partial charge in [-0.1, -0.05) is 24.3 Å². The van der Waals surface area contributed by atoms with Crippen molar-refractivity contribution >= 4 is 17.0 Å². The largest absolute Gasteiger partial charge is 0.489 e. The van der Waals surface area contributed by atoms with Gasteiger partial charge in [-0.3, -0.25) is 0 Å². The van der Waals surface area contributed by atoms with Crippen molar-refractivity contribution in [3.8, 4) is 11.8 Å². The van der Waals surface area contributed by atoms with Crippen LogP contribution in [0.1, 0.15) is 38.4 Å². The molecule has 0 aliphatic heterocycles. The van der Waals surface area contributed by atoms with Crippen molar-refractivity contribution in [1.29, 1.82) is 5.26 Å². The molecule has 0 atom stereocenters. The van der Waals surface area contributed by atoms with E-state index in [4.69, 9.17) is 14.7 Å². The fourth-order valence-electron chi connectivity index (χ4n) is 3.79. The maximum absolute atomic E-state index is 14.5.